The molecule has 0 bridgehead atoms. The molecule has 4 rings (SSSR count). The van der Waals surface area contributed by atoms with Crippen LogP contribution in [-0.2, 0) is 0 Å². The van der Waals surface area contributed by atoms with E-state index in [1.54, 1.807) is 28.8 Å². The van der Waals surface area contributed by atoms with E-state index < -0.39 is 0 Å². The summed E-state index contributed by atoms with van der Waals surface area (Å²) in [6.45, 7) is 1.88. The number of para-hydroxylation sites is 1. The third kappa shape index (κ3) is 2.71. The number of H-pyrrole nitrogens is 1. The average Bonchev–Trinajstić information content (AvgIpc) is 3.21. The van der Waals surface area contributed by atoms with Crippen molar-refractivity contribution in [3.63, 3.8) is 0 Å². The zero-order valence-corrected chi connectivity index (χ0v) is 14.7. The van der Waals surface area contributed by atoms with Gasteiger partial charge in [0.15, 0.2) is 0 Å². The normalized spacial score (nSPS) is 12.6. The van der Waals surface area contributed by atoms with Crippen molar-refractivity contribution < 1.29 is 4.79 Å². The van der Waals surface area contributed by atoms with Crippen molar-refractivity contribution >= 4 is 45.4 Å². The Labute approximate surface area is 151 Å². The molecule has 3 aromatic heterocycles. The third-order valence-corrected chi connectivity index (χ3v) is 5.40. The van der Waals surface area contributed by atoms with Gasteiger partial charge in [-0.25, -0.2) is 4.52 Å². The summed E-state index contributed by atoms with van der Waals surface area (Å²) < 4.78 is 2.24. The quantitative estimate of drug-likeness (QED) is 0.578. The van der Waals surface area contributed by atoms with Gasteiger partial charge in [-0.15, -0.1) is 11.3 Å². The molecule has 6 nitrogen and oxygen atoms in total. The van der Waals surface area contributed by atoms with E-state index in [9.17, 15) is 9.59 Å². The second-order valence-corrected chi connectivity index (χ2v) is 7.37. The first-order valence-electron chi connectivity index (χ1n) is 7.59. The molecule has 1 unspecified atom stereocenters. The summed E-state index contributed by atoms with van der Waals surface area (Å²) in [5.74, 6) is -0.307. The number of nitrogens with one attached hydrogen (secondary N) is 2. The maximum absolute atomic E-state index is 12.6. The fourth-order valence-corrected chi connectivity index (χ4v) is 3.81. The number of hydrogen-bond donors (Lipinski definition) is 2. The van der Waals surface area contributed by atoms with E-state index in [2.05, 4.69) is 15.4 Å². The van der Waals surface area contributed by atoms with Crippen molar-refractivity contribution in [3.8, 4) is 0 Å². The van der Waals surface area contributed by atoms with Gasteiger partial charge in [-0.2, -0.15) is 5.10 Å². The Morgan fingerprint density at radius 3 is 2.88 bits per heavy atom. The molecule has 3 heterocycles. The Morgan fingerprint density at radius 1 is 1.32 bits per heavy atom. The van der Waals surface area contributed by atoms with Crippen LogP contribution >= 0.6 is 22.9 Å². The first-order chi connectivity index (χ1) is 12.0. The number of carbonyl (C=O) groups is 1. The Bertz CT molecular complexity index is 1160. The predicted octanol–water partition coefficient (Wildman–Crippen LogP) is 3.38. The summed E-state index contributed by atoms with van der Waals surface area (Å²) in [7, 11) is 0. The SMILES string of the molecule is CC(NC(=O)c1cnn2c1[nH]c(=O)c1ccccc12)c1ccc(Cl)s1. The summed E-state index contributed by atoms with van der Waals surface area (Å²) >= 11 is 7.36. The predicted molar refractivity (Wildman–Crippen MR) is 98.5 cm³/mol. The number of nitrogens with zero attached hydrogens (tertiary/aromatic N) is 2. The summed E-state index contributed by atoms with van der Waals surface area (Å²) in [6, 6.07) is 10.6. The van der Waals surface area contributed by atoms with Gasteiger partial charge in [0.05, 0.1) is 27.5 Å². The van der Waals surface area contributed by atoms with Gasteiger partial charge in [0.2, 0.25) is 0 Å². The lowest BCUT2D eigenvalue weighted by Crippen LogP contribution is -2.26. The van der Waals surface area contributed by atoms with Crippen LogP contribution in [0.15, 0.2) is 47.4 Å². The summed E-state index contributed by atoms with van der Waals surface area (Å²) in [6.07, 6.45) is 1.46. The summed E-state index contributed by atoms with van der Waals surface area (Å²) in [5, 5.41) is 7.69. The highest BCUT2D eigenvalue weighted by Crippen LogP contribution is 2.27. The van der Waals surface area contributed by atoms with Crippen LogP contribution in [0.4, 0.5) is 0 Å². The molecule has 1 aromatic carbocycles. The van der Waals surface area contributed by atoms with E-state index in [0.29, 0.717) is 26.4 Å². The number of carbonyl (C=O) groups excluding carboxylic acids is 1. The fourth-order valence-electron chi connectivity index (χ4n) is 2.75. The Hall–Kier alpha value is -2.64. The fraction of sp³-hybridized carbons (Fsp3) is 0.118. The van der Waals surface area contributed by atoms with Gasteiger partial charge in [0.1, 0.15) is 11.2 Å². The first kappa shape index (κ1) is 15.9. The van der Waals surface area contributed by atoms with Crippen LogP contribution in [0.5, 0.6) is 0 Å². The Morgan fingerprint density at radius 2 is 2.12 bits per heavy atom. The highest BCUT2D eigenvalue weighted by Gasteiger charge is 2.19. The smallest absolute Gasteiger partial charge is 0.259 e. The third-order valence-electron chi connectivity index (χ3n) is 3.99. The van der Waals surface area contributed by atoms with Crippen LogP contribution in [0.3, 0.4) is 0 Å². The van der Waals surface area contributed by atoms with E-state index in [-0.39, 0.29) is 17.5 Å². The Balaban J connectivity index is 1.74. The van der Waals surface area contributed by atoms with E-state index in [4.69, 9.17) is 11.6 Å². The summed E-state index contributed by atoms with van der Waals surface area (Å²) in [5.41, 5.74) is 1.09. The molecule has 1 atom stereocenters. The minimum atomic E-state index is -0.307. The molecule has 0 fully saturated rings. The molecule has 0 aliphatic carbocycles. The van der Waals surface area contributed by atoms with Crippen LogP contribution in [0.2, 0.25) is 4.34 Å². The number of hydrogen-bond acceptors (Lipinski definition) is 4. The van der Waals surface area contributed by atoms with Crippen molar-refractivity contribution in [3.05, 3.63) is 67.7 Å². The topological polar surface area (TPSA) is 79.3 Å². The van der Waals surface area contributed by atoms with Crippen LogP contribution in [0, 0.1) is 0 Å². The molecular weight excluding hydrogens is 360 g/mol. The second-order valence-electron chi connectivity index (χ2n) is 5.63. The molecule has 0 aliphatic rings. The molecule has 0 radical (unpaired) electrons. The van der Waals surface area contributed by atoms with Crippen LogP contribution < -0.4 is 10.9 Å². The van der Waals surface area contributed by atoms with E-state index >= 15 is 0 Å². The number of aromatic amines is 1. The van der Waals surface area contributed by atoms with Crippen molar-refractivity contribution in [1.29, 1.82) is 0 Å². The highest BCUT2D eigenvalue weighted by molar-refractivity contribution is 7.16. The van der Waals surface area contributed by atoms with Crippen LogP contribution in [-0.4, -0.2) is 20.5 Å². The number of aromatic nitrogens is 3. The maximum atomic E-state index is 12.6. The van der Waals surface area contributed by atoms with Gasteiger partial charge in [0.25, 0.3) is 11.5 Å². The second kappa shape index (κ2) is 6.02. The molecule has 4 aromatic rings. The number of benzene rings is 1. The van der Waals surface area contributed by atoms with Gasteiger partial charge in [0, 0.05) is 4.88 Å². The van der Waals surface area contributed by atoms with Crippen molar-refractivity contribution in [2.45, 2.75) is 13.0 Å². The number of fused-ring (bicyclic) bond motifs is 3. The molecule has 1 amide bonds. The van der Waals surface area contributed by atoms with Gasteiger partial charge < -0.3 is 10.3 Å². The number of amides is 1. The minimum Gasteiger partial charge on any atom is -0.345 e. The number of thiophene rings is 1. The lowest BCUT2D eigenvalue weighted by Gasteiger charge is -2.11. The molecular formula is C17H13ClN4O2S. The monoisotopic (exact) mass is 372 g/mol. The van der Waals surface area contributed by atoms with Gasteiger partial charge in [-0.3, -0.25) is 9.59 Å². The maximum Gasteiger partial charge on any atom is 0.259 e. The minimum absolute atomic E-state index is 0.202. The molecule has 8 heteroatoms. The van der Waals surface area contributed by atoms with Crippen molar-refractivity contribution in [2.75, 3.05) is 0 Å². The largest absolute Gasteiger partial charge is 0.345 e. The molecule has 0 spiro atoms. The highest BCUT2D eigenvalue weighted by atomic mass is 35.5. The first-order valence-corrected chi connectivity index (χ1v) is 8.79. The molecule has 2 N–H and O–H groups in total. The lowest BCUT2D eigenvalue weighted by atomic mass is 10.2. The van der Waals surface area contributed by atoms with Crippen molar-refractivity contribution in [1.82, 2.24) is 19.9 Å². The van der Waals surface area contributed by atoms with Crippen LogP contribution in [0.25, 0.3) is 16.6 Å². The molecule has 126 valence electrons. The Kier molecular flexibility index (Phi) is 3.82. The van der Waals surface area contributed by atoms with Crippen LogP contribution in [0.1, 0.15) is 28.2 Å². The summed E-state index contributed by atoms with van der Waals surface area (Å²) in [4.78, 5) is 28.6. The van der Waals surface area contributed by atoms with Gasteiger partial charge in [-0.1, -0.05) is 23.7 Å². The molecule has 25 heavy (non-hydrogen) atoms. The molecule has 0 saturated heterocycles. The van der Waals surface area contributed by atoms with Gasteiger partial charge >= 0.3 is 0 Å². The lowest BCUT2D eigenvalue weighted by molar-refractivity contribution is 0.0942. The van der Waals surface area contributed by atoms with E-state index in [0.717, 1.165) is 4.88 Å². The standard InChI is InChI=1S/C17H13ClN4O2S/c1-9(13-6-7-14(18)25-13)20-17(24)11-8-19-22-12-5-3-2-4-10(12)16(23)21-15(11)22/h2-9H,1H3,(H,20,24)(H,21,23). The van der Waals surface area contributed by atoms with Crippen molar-refractivity contribution in [2.24, 2.45) is 0 Å². The molecule has 0 saturated carbocycles. The zero-order chi connectivity index (χ0) is 17.6. The van der Waals surface area contributed by atoms with E-state index in [1.165, 1.54) is 17.5 Å². The molecule has 0 aliphatic heterocycles. The van der Waals surface area contributed by atoms with Gasteiger partial charge in [-0.05, 0) is 31.2 Å². The average molecular weight is 373 g/mol. The zero-order valence-electron chi connectivity index (χ0n) is 13.1. The number of halogens is 1. The number of rotatable bonds is 3. The van der Waals surface area contributed by atoms with E-state index in [1.807, 2.05) is 19.1 Å².